The van der Waals surface area contributed by atoms with Gasteiger partial charge in [-0.3, -0.25) is 10.0 Å². The van der Waals surface area contributed by atoms with Gasteiger partial charge < -0.3 is 0 Å². The second-order valence-electron chi connectivity index (χ2n) is 6.78. The van der Waals surface area contributed by atoms with Gasteiger partial charge >= 0.3 is 0 Å². The molecule has 0 aromatic heterocycles. The fourth-order valence-corrected chi connectivity index (χ4v) is 3.33. The van der Waals surface area contributed by atoms with Crippen molar-refractivity contribution in [1.29, 1.82) is 0 Å². The highest BCUT2D eigenvalue weighted by molar-refractivity contribution is 6.08. The maximum Gasteiger partial charge on any atom is 0.0700 e. The van der Waals surface area contributed by atoms with E-state index in [-0.39, 0.29) is 5.41 Å². The molecule has 2 heterocycles. The average Bonchev–Trinajstić information content (AvgIpc) is 3.17. The van der Waals surface area contributed by atoms with Crippen molar-refractivity contribution in [3.8, 4) is 0 Å². The standard InChI is InChI=1S/C21H21N3/c1-21(2)17-10-6-7-11-19(17)22-20(21)13-15-24-14-12-18(23-24)16-8-4-3-5-9-16/h3-11,13,15H,12,14H2,1-2H3/b15-13+. The molecule has 0 atom stereocenters. The number of hydrogen-bond donors (Lipinski definition) is 0. The number of hydrazone groups is 1. The van der Waals surface area contributed by atoms with Gasteiger partial charge in [0.05, 0.1) is 17.1 Å². The molecule has 0 radical (unpaired) electrons. The second-order valence-corrected chi connectivity index (χ2v) is 6.78. The molecule has 0 N–H and O–H groups in total. The molecule has 0 unspecified atom stereocenters. The molecule has 0 bridgehead atoms. The molecule has 2 aromatic rings. The summed E-state index contributed by atoms with van der Waals surface area (Å²) in [4.78, 5) is 4.80. The molecule has 0 saturated heterocycles. The van der Waals surface area contributed by atoms with Crippen molar-refractivity contribution in [1.82, 2.24) is 5.01 Å². The van der Waals surface area contributed by atoms with Crippen LogP contribution in [0.1, 0.15) is 31.4 Å². The van der Waals surface area contributed by atoms with Crippen LogP contribution in [0, 0.1) is 0 Å². The number of rotatable bonds is 3. The Morgan fingerprint density at radius 2 is 1.75 bits per heavy atom. The van der Waals surface area contributed by atoms with Crippen molar-refractivity contribution >= 4 is 17.1 Å². The number of para-hydroxylation sites is 1. The molecule has 0 saturated carbocycles. The highest BCUT2D eigenvalue weighted by Crippen LogP contribution is 2.40. The van der Waals surface area contributed by atoms with E-state index in [1.54, 1.807) is 0 Å². The first-order valence-electron chi connectivity index (χ1n) is 8.41. The van der Waals surface area contributed by atoms with Crippen molar-refractivity contribution in [3.63, 3.8) is 0 Å². The van der Waals surface area contributed by atoms with Crippen LogP contribution in [-0.2, 0) is 5.41 Å². The van der Waals surface area contributed by atoms with Gasteiger partial charge in [-0.15, -0.1) is 0 Å². The van der Waals surface area contributed by atoms with Gasteiger partial charge in [0, 0.05) is 24.6 Å². The third kappa shape index (κ3) is 2.56. The molecular weight excluding hydrogens is 294 g/mol. The van der Waals surface area contributed by atoms with Gasteiger partial charge in [-0.2, -0.15) is 5.10 Å². The Kier molecular flexibility index (Phi) is 3.57. The van der Waals surface area contributed by atoms with Crippen molar-refractivity contribution in [2.45, 2.75) is 25.7 Å². The minimum absolute atomic E-state index is 0.0568. The molecule has 0 spiro atoms. The van der Waals surface area contributed by atoms with E-state index >= 15 is 0 Å². The monoisotopic (exact) mass is 315 g/mol. The molecule has 2 aliphatic rings. The molecule has 3 nitrogen and oxygen atoms in total. The van der Waals surface area contributed by atoms with E-state index in [9.17, 15) is 0 Å². The van der Waals surface area contributed by atoms with Crippen molar-refractivity contribution in [3.05, 3.63) is 78.0 Å². The molecule has 0 aliphatic carbocycles. The van der Waals surface area contributed by atoms with E-state index in [0.717, 1.165) is 30.1 Å². The summed E-state index contributed by atoms with van der Waals surface area (Å²) in [5, 5.41) is 6.74. The number of aliphatic imine (C=N–C) groups is 1. The maximum atomic E-state index is 4.80. The highest BCUT2D eigenvalue weighted by atomic mass is 15.5. The summed E-state index contributed by atoms with van der Waals surface area (Å²) in [6.07, 6.45) is 5.14. The molecule has 120 valence electrons. The molecular formula is C21H21N3. The quantitative estimate of drug-likeness (QED) is 0.808. The second kappa shape index (κ2) is 5.75. The smallest absolute Gasteiger partial charge is 0.0700 e. The summed E-state index contributed by atoms with van der Waals surface area (Å²) >= 11 is 0. The van der Waals surface area contributed by atoms with Crippen LogP contribution in [0.2, 0.25) is 0 Å². The average molecular weight is 315 g/mol. The number of nitrogens with zero attached hydrogens (tertiary/aromatic N) is 3. The lowest BCUT2D eigenvalue weighted by molar-refractivity contribution is 0.441. The first kappa shape index (κ1) is 14.9. The van der Waals surface area contributed by atoms with E-state index in [2.05, 4.69) is 68.6 Å². The van der Waals surface area contributed by atoms with Crippen LogP contribution >= 0.6 is 0 Å². The fourth-order valence-electron chi connectivity index (χ4n) is 3.33. The number of fused-ring (bicyclic) bond motifs is 1. The first-order chi connectivity index (χ1) is 11.6. The van der Waals surface area contributed by atoms with Crippen LogP contribution in [0.25, 0.3) is 0 Å². The van der Waals surface area contributed by atoms with Gasteiger partial charge in [0.25, 0.3) is 0 Å². The topological polar surface area (TPSA) is 28.0 Å². The van der Waals surface area contributed by atoms with Gasteiger partial charge in [-0.1, -0.05) is 62.4 Å². The molecule has 3 heteroatoms. The summed E-state index contributed by atoms with van der Waals surface area (Å²) in [5.74, 6) is 0. The molecule has 2 aromatic carbocycles. The predicted molar refractivity (Wildman–Crippen MR) is 100 cm³/mol. The van der Waals surface area contributed by atoms with Gasteiger partial charge in [0.15, 0.2) is 0 Å². The van der Waals surface area contributed by atoms with Crippen LogP contribution in [0.5, 0.6) is 0 Å². The normalized spacial score (nSPS) is 18.7. The third-order valence-corrected chi connectivity index (χ3v) is 4.80. The molecule has 4 rings (SSSR count). The summed E-state index contributed by atoms with van der Waals surface area (Å²) in [7, 11) is 0. The summed E-state index contributed by atoms with van der Waals surface area (Å²) < 4.78 is 0. The van der Waals surface area contributed by atoms with Crippen LogP contribution in [0.15, 0.2) is 77.0 Å². The molecule has 0 amide bonds. The van der Waals surface area contributed by atoms with Gasteiger partial charge in [0.1, 0.15) is 0 Å². The van der Waals surface area contributed by atoms with E-state index < -0.39 is 0 Å². The van der Waals surface area contributed by atoms with E-state index in [1.165, 1.54) is 11.1 Å². The van der Waals surface area contributed by atoms with E-state index in [4.69, 9.17) is 10.1 Å². The molecule has 0 fully saturated rings. The maximum absolute atomic E-state index is 4.80. The van der Waals surface area contributed by atoms with Crippen molar-refractivity contribution < 1.29 is 0 Å². The number of hydrogen-bond acceptors (Lipinski definition) is 3. The van der Waals surface area contributed by atoms with Gasteiger partial charge in [-0.25, -0.2) is 0 Å². The third-order valence-electron chi connectivity index (χ3n) is 4.80. The van der Waals surface area contributed by atoms with Crippen LogP contribution < -0.4 is 0 Å². The van der Waals surface area contributed by atoms with Crippen LogP contribution in [-0.4, -0.2) is 23.0 Å². The zero-order valence-electron chi connectivity index (χ0n) is 14.1. The highest BCUT2D eigenvalue weighted by Gasteiger charge is 2.33. The number of allylic oxidation sites excluding steroid dienone is 1. The lowest BCUT2D eigenvalue weighted by Gasteiger charge is -2.20. The Morgan fingerprint density at radius 1 is 1.00 bits per heavy atom. The molecule has 24 heavy (non-hydrogen) atoms. The Hall–Kier alpha value is -2.68. The summed E-state index contributed by atoms with van der Waals surface area (Å²) in [6, 6.07) is 18.8. The zero-order chi connectivity index (χ0) is 16.6. The van der Waals surface area contributed by atoms with Gasteiger partial charge in [-0.05, 0) is 23.3 Å². The SMILES string of the molecule is CC1(C)C(/C=C/N2CCC(c3ccccc3)=N2)=Nc2ccccc21. The van der Waals surface area contributed by atoms with Crippen molar-refractivity contribution in [2.24, 2.45) is 10.1 Å². The van der Waals surface area contributed by atoms with Crippen LogP contribution in [0.4, 0.5) is 5.69 Å². The predicted octanol–water partition coefficient (Wildman–Crippen LogP) is 4.67. The summed E-state index contributed by atoms with van der Waals surface area (Å²) in [6.45, 7) is 5.37. The van der Waals surface area contributed by atoms with Crippen molar-refractivity contribution in [2.75, 3.05) is 6.54 Å². The Labute approximate surface area is 143 Å². The zero-order valence-corrected chi connectivity index (χ0v) is 14.1. The van der Waals surface area contributed by atoms with Gasteiger partial charge in [0.2, 0.25) is 0 Å². The summed E-state index contributed by atoms with van der Waals surface area (Å²) in [5.41, 5.74) is 5.76. The first-order valence-corrected chi connectivity index (χ1v) is 8.41. The fraction of sp³-hybridized carbons (Fsp3) is 0.238. The minimum Gasteiger partial charge on any atom is -0.272 e. The molecule has 2 aliphatic heterocycles. The largest absolute Gasteiger partial charge is 0.272 e. The lowest BCUT2D eigenvalue weighted by atomic mass is 9.81. The Balaban J connectivity index is 1.54. The van der Waals surface area contributed by atoms with E-state index in [0.29, 0.717) is 0 Å². The Bertz CT molecular complexity index is 844. The lowest BCUT2D eigenvalue weighted by Crippen LogP contribution is -2.24. The minimum atomic E-state index is -0.0568. The Morgan fingerprint density at radius 3 is 2.54 bits per heavy atom. The number of benzene rings is 2. The van der Waals surface area contributed by atoms with E-state index in [1.807, 2.05) is 17.1 Å². The van der Waals surface area contributed by atoms with Crippen LogP contribution in [0.3, 0.4) is 0 Å².